The number of thiophene rings is 1. The van der Waals surface area contributed by atoms with Crippen LogP contribution in [-0.2, 0) is 16.1 Å². The fraction of sp³-hybridized carbons (Fsp3) is 0.536. The molecule has 200 valence electrons. The minimum atomic E-state index is -0.590. The molecule has 4 rings (SSSR count). The molecule has 2 fully saturated rings. The van der Waals surface area contributed by atoms with E-state index >= 15 is 0 Å². The van der Waals surface area contributed by atoms with Crippen molar-refractivity contribution in [1.29, 1.82) is 0 Å². The number of rotatable bonds is 7. The summed E-state index contributed by atoms with van der Waals surface area (Å²) in [7, 11) is 1.62. The monoisotopic (exact) mass is 526 g/mol. The molecule has 2 aliphatic heterocycles. The van der Waals surface area contributed by atoms with E-state index in [1.54, 1.807) is 18.1 Å². The van der Waals surface area contributed by atoms with Crippen LogP contribution in [0.5, 0.6) is 5.75 Å². The van der Waals surface area contributed by atoms with Crippen LogP contribution in [0.25, 0.3) is 0 Å². The quantitative estimate of drug-likeness (QED) is 0.599. The molecular weight excluding hydrogens is 488 g/mol. The lowest BCUT2D eigenvalue weighted by Crippen LogP contribution is -2.53. The number of carbonyl (C=O) groups excluding carboxylic acids is 3. The molecule has 2 aromatic rings. The van der Waals surface area contributed by atoms with Crippen molar-refractivity contribution in [2.45, 2.75) is 52.2 Å². The highest BCUT2D eigenvalue weighted by Gasteiger charge is 2.45. The van der Waals surface area contributed by atoms with E-state index in [1.807, 2.05) is 66.3 Å². The minimum absolute atomic E-state index is 0.0270. The van der Waals surface area contributed by atoms with Gasteiger partial charge in [-0.15, -0.1) is 11.3 Å². The number of nitrogens with zero attached hydrogens (tertiary/aromatic N) is 3. The van der Waals surface area contributed by atoms with Gasteiger partial charge in [-0.05, 0) is 41.0 Å². The lowest BCUT2D eigenvalue weighted by molar-refractivity contribution is -0.137. The molecule has 3 amide bonds. The molecule has 2 saturated heterocycles. The highest BCUT2D eigenvalue weighted by atomic mass is 32.1. The molecule has 0 spiro atoms. The highest BCUT2D eigenvalue weighted by Crippen LogP contribution is 2.31. The number of carbonyl (C=O) groups is 3. The molecule has 2 unspecified atom stereocenters. The van der Waals surface area contributed by atoms with Crippen LogP contribution in [0.1, 0.15) is 48.8 Å². The molecular formula is C28H38N4O4S. The number of benzene rings is 1. The Hall–Kier alpha value is -2.91. The number of hydrogen-bond donors (Lipinski definition) is 1. The fourth-order valence-electron chi connectivity index (χ4n) is 5.08. The molecule has 0 aliphatic carbocycles. The number of piperazine rings is 1. The van der Waals surface area contributed by atoms with E-state index in [0.717, 1.165) is 24.4 Å². The van der Waals surface area contributed by atoms with Gasteiger partial charge in [0.2, 0.25) is 11.8 Å². The zero-order valence-electron chi connectivity index (χ0n) is 22.2. The van der Waals surface area contributed by atoms with Crippen molar-refractivity contribution in [1.82, 2.24) is 20.0 Å². The third-order valence-electron chi connectivity index (χ3n) is 6.92. The Labute approximate surface area is 223 Å². The summed E-state index contributed by atoms with van der Waals surface area (Å²) in [4.78, 5) is 46.9. The molecule has 0 radical (unpaired) electrons. The fourth-order valence-corrected chi connectivity index (χ4v) is 5.76. The predicted octanol–water partition coefficient (Wildman–Crippen LogP) is 3.24. The first kappa shape index (κ1) is 27.1. The molecule has 2 aliphatic rings. The zero-order chi connectivity index (χ0) is 26.6. The number of methoxy groups -OCH3 is 1. The second-order valence-corrected chi connectivity index (χ2v) is 12.0. The number of hydrogen-bond acceptors (Lipinski definition) is 6. The van der Waals surface area contributed by atoms with E-state index in [-0.39, 0.29) is 29.2 Å². The van der Waals surface area contributed by atoms with Gasteiger partial charge in [0.15, 0.2) is 0 Å². The predicted molar refractivity (Wildman–Crippen MR) is 145 cm³/mol. The van der Waals surface area contributed by atoms with E-state index in [9.17, 15) is 14.4 Å². The summed E-state index contributed by atoms with van der Waals surface area (Å²) in [6, 6.07) is 10.5. The van der Waals surface area contributed by atoms with Crippen LogP contribution in [0.4, 0.5) is 0 Å². The van der Waals surface area contributed by atoms with Crippen LogP contribution in [0, 0.1) is 5.41 Å². The van der Waals surface area contributed by atoms with Crippen molar-refractivity contribution in [3.05, 3.63) is 52.2 Å². The Morgan fingerprint density at radius 3 is 2.54 bits per heavy atom. The molecule has 1 aromatic carbocycles. The zero-order valence-corrected chi connectivity index (χ0v) is 23.1. The average molecular weight is 527 g/mol. The van der Waals surface area contributed by atoms with E-state index in [1.165, 1.54) is 11.3 Å². The van der Waals surface area contributed by atoms with Crippen LogP contribution in [-0.4, -0.2) is 84.3 Å². The topological polar surface area (TPSA) is 82.2 Å². The first-order valence-corrected chi connectivity index (χ1v) is 13.8. The van der Waals surface area contributed by atoms with Gasteiger partial charge >= 0.3 is 0 Å². The van der Waals surface area contributed by atoms with Gasteiger partial charge in [0.1, 0.15) is 11.8 Å². The van der Waals surface area contributed by atoms with Crippen LogP contribution in [0.3, 0.4) is 0 Å². The van der Waals surface area contributed by atoms with Crippen LogP contribution < -0.4 is 10.1 Å². The van der Waals surface area contributed by atoms with E-state index in [0.29, 0.717) is 43.9 Å². The minimum Gasteiger partial charge on any atom is -0.497 e. The largest absolute Gasteiger partial charge is 0.497 e. The Morgan fingerprint density at radius 2 is 1.89 bits per heavy atom. The normalized spacial score (nSPS) is 20.1. The van der Waals surface area contributed by atoms with Crippen LogP contribution >= 0.6 is 11.3 Å². The van der Waals surface area contributed by atoms with E-state index in [4.69, 9.17) is 4.74 Å². The second-order valence-electron chi connectivity index (χ2n) is 11.0. The summed E-state index contributed by atoms with van der Waals surface area (Å²) < 4.78 is 5.40. The molecule has 37 heavy (non-hydrogen) atoms. The average Bonchev–Trinajstić information content (AvgIpc) is 3.57. The Kier molecular flexibility index (Phi) is 8.54. The summed E-state index contributed by atoms with van der Waals surface area (Å²) >= 11 is 1.38. The lowest BCUT2D eigenvalue weighted by atomic mass is 9.91. The molecule has 0 bridgehead atoms. The third-order valence-corrected chi connectivity index (χ3v) is 7.77. The van der Waals surface area contributed by atoms with Crippen LogP contribution in [0.15, 0.2) is 41.8 Å². The van der Waals surface area contributed by atoms with Gasteiger partial charge in [0.25, 0.3) is 5.91 Å². The Balaban J connectivity index is 1.64. The highest BCUT2D eigenvalue weighted by molar-refractivity contribution is 7.12. The van der Waals surface area contributed by atoms with E-state index < -0.39 is 6.04 Å². The number of nitrogens with one attached hydrogen (secondary N) is 1. The SMILES string of the molecule is COc1cccc(CN(C(=O)CC(C)(C)C)C2CC(C(=O)N3CCNCC3)N(C(=O)c3cccs3)C2)c1. The summed E-state index contributed by atoms with van der Waals surface area (Å²) in [5.41, 5.74) is 0.764. The molecule has 1 N–H and O–H groups in total. The number of ether oxygens (including phenoxy) is 1. The first-order valence-electron chi connectivity index (χ1n) is 12.9. The van der Waals surface area contributed by atoms with Crippen molar-refractivity contribution >= 4 is 29.1 Å². The van der Waals surface area contributed by atoms with Gasteiger partial charge in [-0.3, -0.25) is 14.4 Å². The molecule has 3 heterocycles. The lowest BCUT2D eigenvalue weighted by Gasteiger charge is -2.32. The third kappa shape index (κ3) is 6.70. The molecule has 2 atom stereocenters. The summed E-state index contributed by atoms with van der Waals surface area (Å²) in [6.45, 7) is 9.60. The molecule has 9 heteroatoms. The van der Waals surface area contributed by atoms with Crippen molar-refractivity contribution < 1.29 is 19.1 Å². The number of likely N-dealkylation sites (tertiary alicyclic amines) is 1. The first-order chi connectivity index (χ1) is 17.7. The Morgan fingerprint density at radius 1 is 1.14 bits per heavy atom. The van der Waals surface area contributed by atoms with Crippen molar-refractivity contribution in [3.63, 3.8) is 0 Å². The summed E-state index contributed by atoms with van der Waals surface area (Å²) in [5, 5.41) is 5.15. The van der Waals surface area contributed by atoms with Crippen molar-refractivity contribution in [3.8, 4) is 5.75 Å². The van der Waals surface area contributed by atoms with Gasteiger partial charge in [-0.2, -0.15) is 0 Å². The maximum Gasteiger partial charge on any atom is 0.264 e. The maximum atomic E-state index is 13.7. The van der Waals surface area contributed by atoms with Crippen molar-refractivity contribution in [2.24, 2.45) is 5.41 Å². The van der Waals surface area contributed by atoms with Crippen molar-refractivity contribution in [2.75, 3.05) is 39.8 Å². The second kappa shape index (κ2) is 11.6. The summed E-state index contributed by atoms with van der Waals surface area (Å²) in [5.74, 6) is 0.585. The van der Waals surface area contributed by atoms with Gasteiger partial charge < -0.3 is 24.8 Å². The molecule has 8 nitrogen and oxygen atoms in total. The van der Waals surface area contributed by atoms with Gasteiger partial charge in [0.05, 0.1) is 18.0 Å². The van der Waals surface area contributed by atoms with E-state index in [2.05, 4.69) is 5.32 Å². The van der Waals surface area contributed by atoms with Gasteiger partial charge in [-0.1, -0.05) is 39.0 Å². The standard InChI is InChI=1S/C28H38N4O4S/c1-28(2,3)17-25(33)31(18-20-7-5-8-22(15-20)36-4)21-16-23(26(34)30-12-10-29-11-13-30)32(19-21)27(35)24-9-6-14-37-24/h5-9,14-15,21,23,29H,10-13,16-19H2,1-4H3. The maximum absolute atomic E-state index is 13.7. The smallest absolute Gasteiger partial charge is 0.264 e. The number of amides is 3. The molecule has 0 saturated carbocycles. The Bertz CT molecular complexity index is 1090. The summed E-state index contributed by atoms with van der Waals surface area (Å²) in [6.07, 6.45) is 0.808. The van der Waals surface area contributed by atoms with Crippen LogP contribution in [0.2, 0.25) is 0 Å². The molecule has 1 aromatic heterocycles. The van der Waals surface area contributed by atoms with Gasteiger partial charge in [-0.25, -0.2) is 0 Å². The van der Waals surface area contributed by atoms with Gasteiger partial charge in [0, 0.05) is 45.7 Å².